The Labute approximate surface area is 117 Å². The van der Waals surface area contributed by atoms with Crippen molar-refractivity contribution in [2.24, 2.45) is 0 Å². The molecule has 0 saturated heterocycles. The van der Waals surface area contributed by atoms with Gasteiger partial charge in [-0.15, -0.1) is 0 Å². The highest BCUT2D eigenvalue weighted by atomic mass is 16.2. The third-order valence-corrected chi connectivity index (χ3v) is 2.84. The van der Waals surface area contributed by atoms with E-state index in [1.54, 1.807) is 4.90 Å². The molecule has 0 aromatic carbocycles. The maximum atomic E-state index is 12.4. The van der Waals surface area contributed by atoms with Crippen LogP contribution in [-0.2, 0) is 6.54 Å². The number of aromatic nitrogens is 3. The molecule has 0 saturated carbocycles. The monoisotopic (exact) mass is 271 g/mol. The van der Waals surface area contributed by atoms with E-state index >= 15 is 0 Å². The molecule has 2 heterocycles. The first kappa shape index (κ1) is 13.9. The van der Waals surface area contributed by atoms with Crippen molar-refractivity contribution < 1.29 is 4.79 Å². The number of nitrogen functional groups attached to an aromatic ring is 1. The molecule has 0 atom stereocenters. The Bertz CT molecular complexity index is 614. The third-order valence-electron chi connectivity index (χ3n) is 2.84. The van der Waals surface area contributed by atoms with Gasteiger partial charge >= 0.3 is 0 Å². The number of anilines is 1. The molecule has 0 aliphatic rings. The fraction of sp³-hybridized carbons (Fsp3) is 0.286. The highest BCUT2D eigenvalue weighted by Gasteiger charge is 2.17. The third kappa shape index (κ3) is 3.28. The average molecular weight is 271 g/mol. The Hall–Kier alpha value is -2.50. The minimum Gasteiger partial charge on any atom is -0.382 e. The van der Waals surface area contributed by atoms with Gasteiger partial charge in [-0.05, 0) is 26.0 Å². The quantitative estimate of drug-likeness (QED) is 0.909. The van der Waals surface area contributed by atoms with E-state index in [1.807, 2.05) is 32.0 Å². The predicted molar refractivity (Wildman–Crippen MR) is 75.8 cm³/mol. The van der Waals surface area contributed by atoms with Gasteiger partial charge in [0, 0.05) is 12.2 Å². The lowest BCUT2D eigenvalue weighted by molar-refractivity contribution is 0.0744. The van der Waals surface area contributed by atoms with E-state index in [9.17, 15) is 4.79 Å². The van der Waals surface area contributed by atoms with Gasteiger partial charge < -0.3 is 10.6 Å². The summed E-state index contributed by atoms with van der Waals surface area (Å²) >= 11 is 0. The smallest absolute Gasteiger partial charge is 0.274 e. The zero-order chi connectivity index (χ0) is 14.5. The van der Waals surface area contributed by atoms with E-state index in [0.717, 1.165) is 11.4 Å². The summed E-state index contributed by atoms with van der Waals surface area (Å²) in [6.45, 7) is 4.83. The van der Waals surface area contributed by atoms with Crippen molar-refractivity contribution in [3.63, 3.8) is 0 Å². The van der Waals surface area contributed by atoms with E-state index in [1.165, 1.54) is 12.4 Å². The highest BCUT2D eigenvalue weighted by Crippen LogP contribution is 2.08. The first-order chi connectivity index (χ1) is 9.60. The molecule has 0 aliphatic carbocycles. The summed E-state index contributed by atoms with van der Waals surface area (Å²) in [5, 5.41) is 0. The van der Waals surface area contributed by atoms with E-state index in [-0.39, 0.29) is 17.4 Å². The topological polar surface area (TPSA) is 85.0 Å². The van der Waals surface area contributed by atoms with Gasteiger partial charge in [-0.3, -0.25) is 14.8 Å². The summed E-state index contributed by atoms with van der Waals surface area (Å²) in [5.41, 5.74) is 7.57. The largest absolute Gasteiger partial charge is 0.382 e. The molecule has 2 aromatic heterocycles. The van der Waals surface area contributed by atoms with Crippen molar-refractivity contribution in [3.8, 4) is 0 Å². The molecule has 6 nitrogen and oxygen atoms in total. The van der Waals surface area contributed by atoms with Crippen molar-refractivity contribution in [2.45, 2.75) is 20.4 Å². The first-order valence-corrected chi connectivity index (χ1v) is 6.39. The Kier molecular flexibility index (Phi) is 4.24. The van der Waals surface area contributed by atoms with Crippen LogP contribution in [0.1, 0.15) is 28.8 Å². The maximum absolute atomic E-state index is 12.4. The average Bonchev–Trinajstić information content (AvgIpc) is 2.44. The van der Waals surface area contributed by atoms with Crippen molar-refractivity contribution >= 4 is 11.7 Å². The van der Waals surface area contributed by atoms with E-state index in [0.29, 0.717) is 13.1 Å². The molecular formula is C14H17N5O. The number of carbonyl (C=O) groups is 1. The number of hydrogen-bond donors (Lipinski definition) is 1. The number of nitrogens with two attached hydrogens (primary N) is 1. The summed E-state index contributed by atoms with van der Waals surface area (Å²) in [7, 11) is 0. The lowest BCUT2D eigenvalue weighted by Gasteiger charge is -2.20. The Balaban J connectivity index is 2.18. The number of amides is 1. The summed E-state index contributed by atoms with van der Waals surface area (Å²) in [5.74, 6) is 0.0381. The molecule has 0 bridgehead atoms. The Morgan fingerprint density at radius 1 is 1.30 bits per heavy atom. The van der Waals surface area contributed by atoms with E-state index < -0.39 is 0 Å². The molecule has 0 aliphatic heterocycles. The number of aryl methyl sites for hydroxylation is 1. The lowest BCUT2D eigenvalue weighted by Crippen LogP contribution is -2.31. The van der Waals surface area contributed by atoms with Gasteiger partial charge in [-0.1, -0.05) is 6.07 Å². The van der Waals surface area contributed by atoms with Crippen molar-refractivity contribution in [2.75, 3.05) is 12.3 Å². The van der Waals surface area contributed by atoms with Crippen molar-refractivity contribution in [1.29, 1.82) is 0 Å². The number of hydrogen-bond acceptors (Lipinski definition) is 5. The minimum atomic E-state index is -0.199. The standard InChI is InChI=1S/C14H17N5O/c1-3-19(9-11-6-4-5-10(2)17-11)14(20)12-7-16-8-13(15)18-12/h4-8H,3,9H2,1-2H3,(H2,15,18). The van der Waals surface area contributed by atoms with Crippen LogP contribution in [0.3, 0.4) is 0 Å². The van der Waals surface area contributed by atoms with Gasteiger partial charge in [0.25, 0.3) is 5.91 Å². The second kappa shape index (κ2) is 6.10. The number of nitrogens with zero attached hydrogens (tertiary/aromatic N) is 4. The molecule has 0 fully saturated rings. The van der Waals surface area contributed by atoms with Crippen molar-refractivity contribution in [3.05, 3.63) is 47.7 Å². The molecule has 2 aromatic rings. The van der Waals surface area contributed by atoms with Crippen LogP contribution in [0.25, 0.3) is 0 Å². The zero-order valence-electron chi connectivity index (χ0n) is 11.6. The minimum absolute atomic E-state index is 0.199. The molecule has 2 rings (SSSR count). The number of pyridine rings is 1. The highest BCUT2D eigenvalue weighted by molar-refractivity contribution is 5.92. The van der Waals surface area contributed by atoms with E-state index in [2.05, 4.69) is 15.0 Å². The van der Waals surface area contributed by atoms with Crippen molar-refractivity contribution in [1.82, 2.24) is 19.9 Å². The van der Waals surface area contributed by atoms with Gasteiger partial charge in [-0.25, -0.2) is 4.98 Å². The molecule has 2 N–H and O–H groups in total. The predicted octanol–water partition coefficient (Wildman–Crippen LogP) is 1.42. The van der Waals surface area contributed by atoms with E-state index in [4.69, 9.17) is 5.73 Å². The Morgan fingerprint density at radius 3 is 2.75 bits per heavy atom. The second-order valence-corrected chi connectivity index (χ2v) is 4.42. The fourth-order valence-electron chi connectivity index (χ4n) is 1.86. The summed E-state index contributed by atoms with van der Waals surface area (Å²) < 4.78 is 0. The van der Waals surface area contributed by atoms with Gasteiger partial charge in [0.05, 0.1) is 24.6 Å². The zero-order valence-corrected chi connectivity index (χ0v) is 11.6. The molecule has 0 unspecified atom stereocenters. The second-order valence-electron chi connectivity index (χ2n) is 4.42. The van der Waals surface area contributed by atoms with Crippen LogP contribution < -0.4 is 5.73 Å². The first-order valence-electron chi connectivity index (χ1n) is 6.39. The fourth-order valence-corrected chi connectivity index (χ4v) is 1.86. The van der Waals surface area contributed by atoms with Gasteiger partial charge in [0.1, 0.15) is 11.5 Å². The summed E-state index contributed by atoms with van der Waals surface area (Å²) in [6.07, 6.45) is 2.83. The van der Waals surface area contributed by atoms with Crippen LogP contribution in [-0.4, -0.2) is 32.3 Å². The van der Waals surface area contributed by atoms with Gasteiger partial charge in [0.2, 0.25) is 0 Å². The van der Waals surface area contributed by atoms with Gasteiger partial charge in [-0.2, -0.15) is 0 Å². The molecule has 1 amide bonds. The molecule has 104 valence electrons. The Morgan fingerprint density at radius 2 is 2.10 bits per heavy atom. The summed E-state index contributed by atoms with van der Waals surface area (Å²) in [6, 6.07) is 5.75. The van der Waals surface area contributed by atoms with Crippen LogP contribution in [0.15, 0.2) is 30.6 Å². The molecular weight excluding hydrogens is 254 g/mol. The molecule has 0 radical (unpaired) electrons. The lowest BCUT2D eigenvalue weighted by atomic mass is 10.2. The van der Waals surface area contributed by atoms with Crippen LogP contribution in [0.4, 0.5) is 5.82 Å². The summed E-state index contributed by atoms with van der Waals surface area (Å²) in [4.78, 5) is 26.3. The molecule has 6 heteroatoms. The van der Waals surface area contributed by atoms with Crippen LogP contribution in [0.5, 0.6) is 0 Å². The van der Waals surface area contributed by atoms with Gasteiger partial charge in [0.15, 0.2) is 0 Å². The maximum Gasteiger partial charge on any atom is 0.274 e. The van der Waals surface area contributed by atoms with Crippen LogP contribution >= 0.6 is 0 Å². The number of rotatable bonds is 4. The van der Waals surface area contributed by atoms with Crippen LogP contribution in [0, 0.1) is 6.92 Å². The number of carbonyl (C=O) groups excluding carboxylic acids is 1. The normalized spacial score (nSPS) is 10.3. The molecule has 20 heavy (non-hydrogen) atoms. The SMILES string of the molecule is CCN(Cc1cccc(C)n1)C(=O)c1cncc(N)n1. The molecule has 0 spiro atoms. The van der Waals surface area contributed by atoms with Crippen LogP contribution in [0.2, 0.25) is 0 Å².